The Morgan fingerprint density at radius 2 is 1.88 bits per heavy atom. The molecule has 7 nitrogen and oxygen atoms in total. The van der Waals surface area contributed by atoms with Crippen molar-refractivity contribution in [3.63, 3.8) is 0 Å². The second-order valence-corrected chi connectivity index (χ2v) is 5.56. The van der Waals surface area contributed by atoms with E-state index in [-0.39, 0.29) is 17.7 Å². The molecule has 0 aliphatic heterocycles. The van der Waals surface area contributed by atoms with Gasteiger partial charge in [-0.3, -0.25) is 0 Å². The number of nitrogen functional groups attached to an aromatic ring is 2. The molecule has 0 radical (unpaired) electrons. The van der Waals surface area contributed by atoms with Gasteiger partial charge in [-0.05, 0) is 12.0 Å². The van der Waals surface area contributed by atoms with E-state index in [0.717, 1.165) is 5.56 Å². The number of hydrogen-bond acceptors (Lipinski definition) is 7. The van der Waals surface area contributed by atoms with E-state index in [9.17, 15) is 0 Å². The van der Waals surface area contributed by atoms with E-state index in [2.05, 4.69) is 35.7 Å². The third-order valence-corrected chi connectivity index (χ3v) is 3.41. The summed E-state index contributed by atoms with van der Waals surface area (Å²) in [7, 11) is 3.19. The Kier molecular flexibility index (Phi) is 6.03. The van der Waals surface area contributed by atoms with Crippen molar-refractivity contribution in [1.82, 2.24) is 9.97 Å². The third kappa shape index (κ3) is 4.52. The molecule has 0 amide bonds. The summed E-state index contributed by atoms with van der Waals surface area (Å²) in [6.07, 6.45) is 1.45. The SMILES string of the molecule is COCC#Cc1cc(Oc2cnc(N)nc2N)c(C(C)C)cc1OC. The fourth-order valence-electron chi connectivity index (χ4n) is 2.18. The maximum atomic E-state index is 5.94. The fourth-order valence-corrected chi connectivity index (χ4v) is 2.18. The van der Waals surface area contributed by atoms with E-state index in [1.54, 1.807) is 14.2 Å². The van der Waals surface area contributed by atoms with Crippen molar-refractivity contribution in [2.45, 2.75) is 19.8 Å². The van der Waals surface area contributed by atoms with Crippen molar-refractivity contribution in [2.24, 2.45) is 0 Å². The van der Waals surface area contributed by atoms with Gasteiger partial charge >= 0.3 is 0 Å². The maximum absolute atomic E-state index is 5.94. The van der Waals surface area contributed by atoms with Gasteiger partial charge in [0.25, 0.3) is 0 Å². The zero-order chi connectivity index (χ0) is 18.4. The molecule has 1 aromatic heterocycles. The van der Waals surface area contributed by atoms with E-state index in [0.29, 0.717) is 29.4 Å². The van der Waals surface area contributed by atoms with Crippen LogP contribution in [-0.4, -0.2) is 30.8 Å². The molecule has 0 saturated carbocycles. The summed E-state index contributed by atoms with van der Waals surface area (Å²) < 4.78 is 16.4. The zero-order valence-corrected chi connectivity index (χ0v) is 14.8. The lowest BCUT2D eigenvalue weighted by atomic mass is 9.99. The van der Waals surface area contributed by atoms with Crippen molar-refractivity contribution in [2.75, 3.05) is 32.3 Å². The predicted octanol–water partition coefficient (Wildman–Crippen LogP) is 2.56. The highest BCUT2D eigenvalue weighted by Gasteiger charge is 2.16. The lowest BCUT2D eigenvalue weighted by molar-refractivity contribution is 0.240. The predicted molar refractivity (Wildman–Crippen MR) is 96.8 cm³/mol. The molecule has 0 saturated heterocycles. The smallest absolute Gasteiger partial charge is 0.222 e. The Hall–Kier alpha value is -2.98. The highest BCUT2D eigenvalue weighted by atomic mass is 16.5. The van der Waals surface area contributed by atoms with Crippen LogP contribution in [0.1, 0.15) is 30.9 Å². The van der Waals surface area contributed by atoms with Gasteiger partial charge < -0.3 is 25.7 Å². The molecule has 0 spiro atoms. The average molecular weight is 342 g/mol. The second-order valence-electron chi connectivity index (χ2n) is 5.56. The van der Waals surface area contributed by atoms with Crippen molar-refractivity contribution in [3.05, 3.63) is 29.5 Å². The number of methoxy groups -OCH3 is 2. The van der Waals surface area contributed by atoms with Crippen molar-refractivity contribution in [3.8, 4) is 29.1 Å². The van der Waals surface area contributed by atoms with Crippen molar-refractivity contribution in [1.29, 1.82) is 0 Å². The van der Waals surface area contributed by atoms with Crippen LogP contribution in [0, 0.1) is 11.8 Å². The van der Waals surface area contributed by atoms with Crippen LogP contribution < -0.4 is 20.9 Å². The van der Waals surface area contributed by atoms with Gasteiger partial charge in [-0.2, -0.15) is 4.98 Å². The van der Waals surface area contributed by atoms with E-state index in [1.807, 2.05) is 12.1 Å². The summed E-state index contributed by atoms with van der Waals surface area (Å²) in [6.45, 7) is 4.44. The summed E-state index contributed by atoms with van der Waals surface area (Å²) in [5.74, 6) is 8.00. The summed E-state index contributed by atoms with van der Waals surface area (Å²) in [5, 5.41) is 0. The van der Waals surface area contributed by atoms with Crippen molar-refractivity contribution < 1.29 is 14.2 Å². The van der Waals surface area contributed by atoms with Gasteiger partial charge in [-0.15, -0.1) is 0 Å². The van der Waals surface area contributed by atoms with Crippen LogP contribution in [-0.2, 0) is 4.74 Å². The van der Waals surface area contributed by atoms with Crippen LogP contribution in [0.15, 0.2) is 18.3 Å². The highest BCUT2D eigenvalue weighted by Crippen LogP contribution is 2.37. The molecule has 0 atom stereocenters. The molecule has 2 rings (SSSR count). The average Bonchev–Trinajstić information content (AvgIpc) is 2.57. The molecule has 25 heavy (non-hydrogen) atoms. The number of hydrogen-bond donors (Lipinski definition) is 2. The highest BCUT2D eigenvalue weighted by molar-refractivity contribution is 5.57. The Balaban J connectivity index is 2.50. The van der Waals surface area contributed by atoms with Crippen molar-refractivity contribution >= 4 is 11.8 Å². The topological polar surface area (TPSA) is 106 Å². The first-order chi connectivity index (χ1) is 12.0. The maximum Gasteiger partial charge on any atom is 0.222 e. The number of anilines is 2. The van der Waals surface area contributed by atoms with Crippen LogP contribution >= 0.6 is 0 Å². The van der Waals surface area contributed by atoms with Gasteiger partial charge in [-0.1, -0.05) is 25.7 Å². The number of benzene rings is 1. The molecular weight excluding hydrogens is 320 g/mol. The minimum atomic E-state index is 0.0924. The number of nitrogens with two attached hydrogens (primary N) is 2. The van der Waals surface area contributed by atoms with Crippen LogP contribution in [0.5, 0.6) is 17.2 Å². The Morgan fingerprint density at radius 3 is 2.48 bits per heavy atom. The van der Waals surface area contributed by atoms with Gasteiger partial charge in [0.2, 0.25) is 5.95 Å². The monoisotopic (exact) mass is 342 g/mol. The van der Waals surface area contributed by atoms with E-state index >= 15 is 0 Å². The Bertz CT molecular complexity index is 810. The molecule has 1 heterocycles. The van der Waals surface area contributed by atoms with Gasteiger partial charge in [0.15, 0.2) is 11.6 Å². The van der Waals surface area contributed by atoms with Gasteiger partial charge in [0, 0.05) is 18.7 Å². The third-order valence-electron chi connectivity index (χ3n) is 3.41. The first-order valence-corrected chi connectivity index (χ1v) is 7.71. The number of ether oxygens (including phenoxy) is 3. The molecule has 1 aromatic carbocycles. The van der Waals surface area contributed by atoms with Gasteiger partial charge in [-0.25, -0.2) is 4.98 Å². The first-order valence-electron chi connectivity index (χ1n) is 7.71. The van der Waals surface area contributed by atoms with Gasteiger partial charge in [0.1, 0.15) is 18.1 Å². The summed E-state index contributed by atoms with van der Waals surface area (Å²) in [4.78, 5) is 7.83. The van der Waals surface area contributed by atoms with Crippen LogP contribution in [0.2, 0.25) is 0 Å². The number of aromatic nitrogens is 2. The fraction of sp³-hybridized carbons (Fsp3) is 0.333. The lowest BCUT2D eigenvalue weighted by Crippen LogP contribution is -2.03. The second kappa shape index (κ2) is 8.22. The van der Waals surface area contributed by atoms with E-state index < -0.39 is 0 Å². The standard InChI is InChI=1S/C18H22N4O3/c1-11(2)13-9-14(24-4)12(6-5-7-23-3)8-15(13)25-16-10-21-18(20)22-17(16)19/h8-11H,7H2,1-4H3,(H4,19,20,21,22). The number of nitrogens with zero attached hydrogens (tertiary/aromatic N) is 2. The quantitative estimate of drug-likeness (QED) is 0.804. The molecule has 0 aliphatic carbocycles. The molecule has 7 heteroatoms. The molecule has 0 unspecified atom stereocenters. The Morgan fingerprint density at radius 1 is 1.12 bits per heavy atom. The van der Waals surface area contributed by atoms with Crippen LogP contribution in [0.25, 0.3) is 0 Å². The molecule has 0 bridgehead atoms. The molecule has 0 aliphatic rings. The van der Waals surface area contributed by atoms with E-state index in [4.69, 9.17) is 25.7 Å². The molecule has 2 aromatic rings. The van der Waals surface area contributed by atoms with Gasteiger partial charge in [0.05, 0.1) is 18.9 Å². The summed E-state index contributed by atoms with van der Waals surface area (Å²) in [5.41, 5.74) is 13.0. The number of rotatable bonds is 5. The van der Waals surface area contributed by atoms with E-state index in [1.165, 1.54) is 6.20 Å². The van der Waals surface area contributed by atoms with Crippen LogP contribution in [0.3, 0.4) is 0 Å². The first kappa shape index (κ1) is 18.4. The van der Waals surface area contributed by atoms with Crippen LogP contribution in [0.4, 0.5) is 11.8 Å². The summed E-state index contributed by atoms with van der Waals surface area (Å²) in [6, 6.07) is 3.72. The normalized spacial score (nSPS) is 10.3. The minimum absolute atomic E-state index is 0.0924. The zero-order valence-electron chi connectivity index (χ0n) is 14.8. The largest absolute Gasteiger partial charge is 0.495 e. The minimum Gasteiger partial charge on any atom is -0.495 e. The molecule has 132 valence electrons. The Labute approximate surface area is 147 Å². The lowest BCUT2D eigenvalue weighted by Gasteiger charge is -2.17. The molecule has 4 N–H and O–H groups in total. The molecule has 0 fully saturated rings. The summed E-state index contributed by atoms with van der Waals surface area (Å²) >= 11 is 0. The molecular formula is C18H22N4O3.